The summed E-state index contributed by atoms with van der Waals surface area (Å²) < 4.78 is 10.7. The van der Waals surface area contributed by atoms with E-state index in [-0.39, 0.29) is 5.63 Å². The second-order valence-electron chi connectivity index (χ2n) is 6.57. The molecular formula is C22H21NO3S2. The second kappa shape index (κ2) is 8.73. The van der Waals surface area contributed by atoms with Gasteiger partial charge in [0.05, 0.1) is 7.11 Å². The third-order valence-corrected chi connectivity index (χ3v) is 6.44. The Kier molecular flexibility index (Phi) is 5.90. The molecule has 0 bridgehead atoms. The molecule has 28 heavy (non-hydrogen) atoms. The molecule has 0 aliphatic heterocycles. The zero-order valence-electron chi connectivity index (χ0n) is 15.6. The highest BCUT2D eigenvalue weighted by atomic mass is 32.1. The first-order valence-electron chi connectivity index (χ1n) is 9.09. The highest BCUT2D eigenvalue weighted by Crippen LogP contribution is 2.24. The van der Waals surface area contributed by atoms with Crippen LogP contribution < -0.4 is 10.4 Å². The number of fused-ring (bicyclic) bond motifs is 1. The molecule has 4 aromatic rings. The molecule has 0 saturated heterocycles. The van der Waals surface area contributed by atoms with Crippen LogP contribution in [-0.2, 0) is 19.5 Å². The van der Waals surface area contributed by atoms with E-state index < -0.39 is 0 Å². The van der Waals surface area contributed by atoms with Gasteiger partial charge in [-0.25, -0.2) is 4.79 Å². The van der Waals surface area contributed by atoms with Crippen molar-refractivity contribution in [2.45, 2.75) is 19.5 Å². The maximum Gasteiger partial charge on any atom is 0.336 e. The zero-order valence-corrected chi connectivity index (χ0v) is 17.2. The molecule has 0 aliphatic carbocycles. The van der Waals surface area contributed by atoms with Crippen LogP contribution in [0.15, 0.2) is 68.5 Å². The molecule has 0 unspecified atom stereocenters. The summed E-state index contributed by atoms with van der Waals surface area (Å²) in [5.74, 6) is 0.681. The molecule has 3 heterocycles. The number of ether oxygens (including phenoxy) is 1. The summed E-state index contributed by atoms with van der Waals surface area (Å²) >= 11 is 3.55. The Labute approximate surface area is 171 Å². The predicted octanol–water partition coefficient (Wildman–Crippen LogP) is 5.17. The maximum atomic E-state index is 12.1. The van der Waals surface area contributed by atoms with Crippen molar-refractivity contribution in [3.05, 3.63) is 85.0 Å². The van der Waals surface area contributed by atoms with Gasteiger partial charge in [-0.15, -0.1) is 22.7 Å². The molecule has 6 heteroatoms. The fraction of sp³-hybridized carbons (Fsp3) is 0.227. The van der Waals surface area contributed by atoms with Crippen LogP contribution in [-0.4, -0.2) is 18.6 Å². The molecule has 0 fully saturated rings. The minimum atomic E-state index is -0.329. The summed E-state index contributed by atoms with van der Waals surface area (Å²) in [6.07, 6.45) is 0.996. The highest BCUT2D eigenvalue weighted by molar-refractivity contribution is 7.10. The number of hydrogen-bond acceptors (Lipinski definition) is 6. The Hall–Kier alpha value is -2.41. The molecule has 1 aromatic carbocycles. The molecule has 144 valence electrons. The number of rotatable bonds is 8. The minimum absolute atomic E-state index is 0.329. The normalized spacial score (nSPS) is 11.4. The molecule has 0 radical (unpaired) electrons. The largest absolute Gasteiger partial charge is 0.497 e. The van der Waals surface area contributed by atoms with E-state index in [1.807, 2.05) is 12.1 Å². The lowest BCUT2D eigenvalue weighted by atomic mass is 10.1. The van der Waals surface area contributed by atoms with Gasteiger partial charge in [-0.1, -0.05) is 12.1 Å². The van der Waals surface area contributed by atoms with Crippen LogP contribution in [0.1, 0.15) is 15.3 Å². The third-order valence-electron chi connectivity index (χ3n) is 4.65. The van der Waals surface area contributed by atoms with E-state index >= 15 is 0 Å². The van der Waals surface area contributed by atoms with Gasteiger partial charge in [0.15, 0.2) is 0 Å². The Morgan fingerprint density at radius 3 is 2.50 bits per heavy atom. The van der Waals surface area contributed by atoms with Crippen LogP contribution in [0.4, 0.5) is 0 Å². The molecular weight excluding hydrogens is 390 g/mol. The number of thiophene rings is 2. The lowest BCUT2D eigenvalue weighted by molar-refractivity contribution is 0.263. The van der Waals surface area contributed by atoms with Crippen molar-refractivity contribution < 1.29 is 9.15 Å². The summed E-state index contributed by atoms with van der Waals surface area (Å²) in [4.78, 5) is 17.2. The Morgan fingerprint density at radius 2 is 1.79 bits per heavy atom. The van der Waals surface area contributed by atoms with E-state index in [1.165, 1.54) is 9.75 Å². The van der Waals surface area contributed by atoms with Gasteiger partial charge in [0, 0.05) is 46.9 Å². The van der Waals surface area contributed by atoms with E-state index in [9.17, 15) is 4.79 Å². The molecule has 0 aliphatic rings. The highest BCUT2D eigenvalue weighted by Gasteiger charge is 2.13. The monoisotopic (exact) mass is 411 g/mol. The standard InChI is InChI=1S/C22H21NO3S2/c1-25-17-6-7-20-16(12-22(24)26-21(20)13-17)14-23(15-19-5-3-11-28-19)9-8-18-4-2-10-27-18/h2-7,10-13H,8-9,14-15H2,1H3. The maximum absolute atomic E-state index is 12.1. The molecule has 0 spiro atoms. The molecule has 0 atom stereocenters. The minimum Gasteiger partial charge on any atom is -0.497 e. The summed E-state index contributed by atoms with van der Waals surface area (Å²) in [7, 11) is 1.61. The molecule has 3 aromatic heterocycles. The second-order valence-corrected chi connectivity index (χ2v) is 8.64. The topological polar surface area (TPSA) is 42.7 Å². The van der Waals surface area contributed by atoms with Gasteiger partial charge < -0.3 is 9.15 Å². The van der Waals surface area contributed by atoms with Crippen molar-refractivity contribution in [3.63, 3.8) is 0 Å². The van der Waals surface area contributed by atoms with Crippen molar-refractivity contribution >= 4 is 33.6 Å². The van der Waals surface area contributed by atoms with Crippen molar-refractivity contribution in [2.75, 3.05) is 13.7 Å². The van der Waals surface area contributed by atoms with Crippen molar-refractivity contribution in [3.8, 4) is 5.75 Å². The van der Waals surface area contributed by atoms with Crippen LogP contribution in [0.5, 0.6) is 5.75 Å². The van der Waals surface area contributed by atoms with Crippen LogP contribution in [0.2, 0.25) is 0 Å². The van der Waals surface area contributed by atoms with E-state index in [0.29, 0.717) is 17.9 Å². The van der Waals surface area contributed by atoms with Crippen LogP contribution in [0.3, 0.4) is 0 Å². The molecule has 0 N–H and O–H groups in total. The van der Waals surface area contributed by atoms with Gasteiger partial charge in [-0.05, 0) is 47.0 Å². The molecule has 4 nitrogen and oxygen atoms in total. The first-order chi connectivity index (χ1) is 13.7. The predicted molar refractivity (Wildman–Crippen MR) is 115 cm³/mol. The van der Waals surface area contributed by atoms with E-state index in [1.54, 1.807) is 41.9 Å². The van der Waals surface area contributed by atoms with Crippen LogP contribution in [0.25, 0.3) is 11.0 Å². The first-order valence-corrected chi connectivity index (χ1v) is 10.8. The average Bonchev–Trinajstić information content (AvgIpc) is 3.39. The van der Waals surface area contributed by atoms with Gasteiger partial charge in [-0.3, -0.25) is 4.90 Å². The summed E-state index contributed by atoms with van der Waals surface area (Å²) in [5, 5.41) is 5.17. The van der Waals surface area contributed by atoms with Gasteiger partial charge in [0.1, 0.15) is 11.3 Å². The Morgan fingerprint density at radius 1 is 1.00 bits per heavy atom. The Balaban J connectivity index is 1.62. The van der Waals surface area contributed by atoms with Crippen molar-refractivity contribution in [2.24, 2.45) is 0 Å². The number of nitrogens with zero attached hydrogens (tertiary/aromatic N) is 1. The smallest absolute Gasteiger partial charge is 0.336 e. The van der Waals surface area contributed by atoms with Crippen LogP contribution >= 0.6 is 22.7 Å². The van der Waals surface area contributed by atoms with E-state index in [4.69, 9.17) is 9.15 Å². The Bertz CT molecular complexity index is 1080. The summed E-state index contributed by atoms with van der Waals surface area (Å²) in [6, 6.07) is 15.8. The summed E-state index contributed by atoms with van der Waals surface area (Å²) in [5.41, 5.74) is 1.22. The molecule has 0 amide bonds. The lowest BCUT2D eigenvalue weighted by Crippen LogP contribution is -2.25. The van der Waals surface area contributed by atoms with Crippen LogP contribution in [0, 0.1) is 0 Å². The van der Waals surface area contributed by atoms with E-state index in [0.717, 1.165) is 30.5 Å². The summed E-state index contributed by atoms with van der Waals surface area (Å²) in [6.45, 7) is 2.48. The molecule has 0 saturated carbocycles. The van der Waals surface area contributed by atoms with E-state index in [2.05, 4.69) is 39.9 Å². The van der Waals surface area contributed by atoms with Gasteiger partial charge in [-0.2, -0.15) is 0 Å². The SMILES string of the molecule is COc1ccc2c(CN(CCc3cccs3)Cc3cccs3)cc(=O)oc2c1. The van der Waals surface area contributed by atoms with Crippen molar-refractivity contribution in [1.29, 1.82) is 0 Å². The average molecular weight is 412 g/mol. The van der Waals surface area contributed by atoms with Gasteiger partial charge in [0.25, 0.3) is 0 Å². The fourth-order valence-corrected chi connectivity index (χ4v) is 4.71. The van der Waals surface area contributed by atoms with Gasteiger partial charge in [0.2, 0.25) is 0 Å². The zero-order chi connectivity index (χ0) is 19.3. The van der Waals surface area contributed by atoms with Crippen molar-refractivity contribution in [1.82, 2.24) is 4.90 Å². The first kappa shape index (κ1) is 18.9. The van der Waals surface area contributed by atoms with Gasteiger partial charge >= 0.3 is 5.63 Å². The quantitative estimate of drug-likeness (QED) is 0.375. The number of benzene rings is 1. The number of hydrogen-bond donors (Lipinski definition) is 0. The third kappa shape index (κ3) is 4.52. The number of methoxy groups -OCH3 is 1. The fourth-order valence-electron chi connectivity index (χ4n) is 3.27. The molecule has 4 rings (SSSR count). The lowest BCUT2D eigenvalue weighted by Gasteiger charge is -2.22.